The summed E-state index contributed by atoms with van der Waals surface area (Å²) in [5.74, 6) is -1.85. The SMILES string of the molecule is COc1nc(NC2CCC(C(F)(F)F)CC2)c(F)cc1CN(C)C(=O)[C@@H]1CCCN1. The van der Waals surface area contributed by atoms with E-state index in [9.17, 15) is 22.4 Å². The second-order valence-corrected chi connectivity index (χ2v) is 8.06. The molecule has 0 bridgehead atoms. The van der Waals surface area contributed by atoms with E-state index >= 15 is 0 Å². The maximum absolute atomic E-state index is 14.7. The third-order valence-corrected chi connectivity index (χ3v) is 5.88. The summed E-state index contributed by atoms with van der Waals surface area (Å²) in [5, 5.41) is 6.06. The average molecular weight is 432 g/mol. The summed E-state index contributed by atoms with van der Waals surface area (Å²) < 4.78 is 58.4. The summed E-state index contributed by atoms with van der Waals surface area (Å²) in [6.07, 6.45) is -1.86. The first-order valence-corrected chi connectivity index (χ1v) is 10.2. The van der Waals surface area contributed by atoms with Crippen LogP contribution in [0.5, 0.6) is 5.88 Å². The molecule has 6 nitrogen and oxygen atoms in total. The lowest BCUT2D eigenvalue weighted by Gasteiger charge is -2.30. The molecule has 1 amide bonds. The topological polar surface area (TPSA) is 66.5 Å². The molecule has 2 aliphatic rings. The van der Waals surface area contributed by atoms with E-state index in [-0.39, 0.29) is 49.1 Å². The summed E-state index contributed by atoms with van der Waals surface area (Å²) in [5.41, 5.74) is 0.426. The van der Waals surface area contributed by atoms with Crippen LogP contribution in [0.15, 0.2) is 6.07 Å². The molecule has 1 aliphatic heterocycles. The number of hydrogen-bond donors (Lipinski definition) is 2. The van der Waals surface area contributed by atoms with Crippen molar-refractivity contribution in [2.24, 2.45) is 5.92 Å². The van der Waals surface area contributed by atoms with Gasteiger partial charge in [0.2, 0.25) is 11.8 Å². The standard InChI is InChI=1S/C20H28F4N4O2/c1-28(19(29)16-4-3-9-25-16)11-12-10-15(21)17(27-18(12)30-2)26-14-7-5-13(6-8-14)20(22,23)24/h10,13-14,16,25H,3-9,11H2,1-2H3,(H,26,27)/t13?,14?,16-/m0/s1. The lowest BCUT2D eigenvalue weighted by molar-refractivity contribution is -0.182. The Kier molecular flexibility index (Phi) is 7.05. The van der Waals surface area contributed by atoms with Gasteiger partial charge in [0.05, 0.1) is 25.6 Å². The van der Waals surface area contributed by atoms with Crippen LogP contribution < -0.4 is 15.4 Å². The van der Waals surface area contributed by atoms with Crippen LogP contribution in [0, 0.1) is 11.7 Å². The monoisotopic (exact) mass is 432 g/mol. The van der Waals surface area contributed by atoms with E-state index in [4.69, 9.17) is 4.74 Å². The summed E-state index contributed by atoms with van der Waals surface area (Å²) in [6, 6.07) is 0.756. The fourth-order valence-corrected chi connectivity index (χ4v) is 4.15. The molecule has 1 atom stereocenters. The van der Waals surface area contributed by atoms with Gasteiger partial charge in [-0.15, -0.1) is 0 Å². The molecular weight excluding hydrogens is 404 g/mol. The number of carbonyl (C=O) groups excluding carboxylic acids is 1. The highest BCUT2D eigenvalue weighted by Crippen LogP contribution is 2.38. The molecule has 1 aromatic rings. The minimum atomic E-state index is -4.18. The predicted octanol–water partition coefficient (Wildman–Crippen LogP) is 3.47. The molecule has 1 aliphatic carbocycles. The van der Waals surface area contributed by atoms with Crippen LogP contribution in [0.1, 0.15) is 44.1 Å². The Bertz CT molecular complexity index is 745. The van der Waals surface area contributed by atoms with Crippen LogP contribution in [0.2, 0.25) is 0 Å². The van der Waals surface area contributed by atoms with Crippen LogP contribution >= 0.6 is 0 Å². The highest BCUT2D eigenvalue weighted by molar-refractivity contribution is 5.82. The third kappa shape index (κ3) is 5.33. The first-order valence-electron chi connectivity index (χ1n) is 10.2. The number of aromatic nitrogens is 1. The zero-order valence-corrected chi connectivity index (χ0v) is 17.2. The first kappa shape index (κ1) is 22.6. The maximum Gasteiger partial charge on any atom is 0.391 e. The molecule has 1 aromatic heterocycles. The molecule has 0 radical (unpaired) electrons. The van der Waals surface area contributed by atoms with E-state index in [1.165, 1.54) is 18.1 Å². The zero-order chi connectivity index (χ0) is 21.9. The largest absolute Gasteiger partial charge is 0.481 e. The molecule has 168 valence electrons. The number of amides is 1. The Labute approximate surface area is 173 Å². The quantitative estimate of drug-likeness (QED) is 0.674. The van der Waals surface area contributed by atoms with Crippen LogP contribution in [0.25, 0.3) is 0 Å². The van der Waals surface area contributed by atoms with Crippen LogP contribution in [0.4, 0.5) is 23.4 Å². The number of hydrogen-bond acceptors (Lipinski definition) is 5. The second-order valence-electron chi connectivity index (χ2n) is 8.06. The number of alkyl halides is 3. The number of carbonyl (C=O) groups is 1. The molecule has 0 unspecified atom stereocenters. The minimum Gasteiger partial charge on any atom is -0.481 e. The summed E-state index contributed by atoms with van der Waals surface area (Å²) in [7, 11) is 3.05. The fraction of sp³-hybridized carbons (Fsp3) is 0.700. The van der Waals surface area contributed by atoms with Gasteiger partial charge in [0.1, 0.15) is 0 Å². The number of anilines is 1. The fourth-order valence-electron chi connectivity index (χ4n) is 4.15. The molecule has 30 heavy (non-hydrogen) atoms. The molecule has 2 fully saturated rings. The molecule has 1 saturated heterocycles. The zero-order valence-electron chi connectivity index (χ0n) is 17.2. The van der Waals surface area contributed by atoms with Crippen LogP contribution in [-0.4, -0.2) is 54.8 Å². The molecule has 1 saturated carbocycles. The van der Waals surface area contributed by atoms with E-state index in [0.29, 0.717) is 18.4 Å². The van der Waals surface area contributed by atoms with Gasteiger partial charge in [0, 0.05) is 18.7 Å². The Morgan fingerprint density at radius 2 is 2.00 bits per heavy atom. The van der Waals surface area contributed by atoms with Crippen molar-refractivity contribution in [1.29, 1.82) is 0 Å². The van der Waals surface area contributed by atoms with E-state index in [1.54, 1.807) is 7.05 Å². The van der Waals surface area contributed by atoms with Crippen molar-refractivity contribution >= 4 is 11.7 Å². The summed E-state index contributed by atoms with van der Waals surface area (Å²) in [4.78, 5) is 18.2. The average Bonchev–Trinajstić information content (AvgIpc) is 3.23. The van der Waals surface area contributed by atoms with Crippen molar-refractivity contribution in [2.45, 2.75) is 63.3 Å². The normalized spacial score (nSPS) is 24.5. The molecule has 10 heteroatoms. The number of nitrogens with one attached hydrogen (secondary N) is 2. The number of ether oxygens (including phenoxy) is 1. The van der Waals surface area contributed by atoms with Crippen LogP contribution in [-0.2, 0) is 11.3 Å². The van der Waals surface area contributed by atoms with Crippen molar-refractivity contribution in [3.05, 3.63) is 17.4 Å². The van der Waals surface area contributed by atoms with Gasteiger partial charge >= 0.3 is 6.18 Å². The van der Waals surface area contributed by atoms with Gasteiger partial charge in [-0.25, -0.2) is 4.39 Å². The molecule has 0 spiro atoms. The van der Waals surface area contributed by atoms with E-state index in [0.717, 1.165) is 19.4 Å². The van der Waals surface area contributed by atoms with Gasteiger partial charge in [-0.05, 0) is 51.1 Å². The van der Waals surface area contributed by atoms with Gasteiger partial charge in [-0.1, -0.05) is 0 Å². The molecule has 3 rings (SSSR count). The number of pyridine rings is 1. The predicted molar refractivity (Wildman–Crippen MR) is 104 cm³/mol. The summed E-state index contributed by atoms with van der Waals surface area (Å²) >= 11 is 0. The number of likely N-dealkylation sites (N-methyl/N-ethyl adjacent to an activating group) is 1. The third-order valence-electron chi connectivity index (χ3n) is 5.88. The molecular formula is C20H28F4N4O2. The Hall–Kier alpha value is -2.10. The molecule has 2 N–H and O–H groups in total. The number of halogens is 4. The molecule has 0 aromatic carbocycles. The number of methoxy groups -OCH3 is 1. The van der Waals surface area contributed by atoms with Crippen molar-refractivity contribution < 1.29 is 27.1 Å². The minimum absolute atomic E-state index is 0.0140. The summed E-state index contributed by atoms with van der Waals surface area (Å²) in [6.45, 7) is 0.941. The lowest BCUT2D eigenvalue weighted by atomic mass is 9.85. The molecule has 2 heterocycles. The Morgan fingerprint density at radius 3 is 2.57 bits per heavy atom. The Morgan fingerprint density at radius 1 is 1.30 bits per heavy atom. The van der Waals surface area contributed by atoms with E-state index < -0.39 is 17.9 Å². The number of rotatable bonds is 6. The van der Waals surface area contributed by atoms with Crippen molar-refractivity contribution in [3.8, 4) is 5.88 Å². The van der Waals surface area contributed by atoms with Gasteiger partial charge < -0.3 is 20.3 Å². The van der Waals surface area contributed by atoms with Gasteiger partial charge in [0.25, 0.3) is 0 Å². The van der Waals surface area contributed by atoms with Crippen molar-refractivity contribution in [1.82, 2.24) is 15.2 Å². The first-order chi connectivity index (χ1) is 14.2. The van der Waals surface area contributed by atoms with Crippen molar-refractivity contribution in [2.75, 3.05) is 26.0 Å². The highest BCUT2D eigenvalue weighted by atomic mass is 19.4. The van der Waals surface area contributed by atoms with Gasteiger partial charge in [0.15, 0.2) is 11.6 Å². The number of nitrogens with zero attached hydrogens (tertiary/aromatic N) is 2. The maximum atomic E-state index is 14.7. The van der Waals surface area contributed by atoms with E-state index in [2.05, 4.69) is 15.6 Å². The highest BCUT2D eigenvalue weighted by Gasteiger charge is 2.41. The van der Waals surface area contributed by atoms with Crippen LogP contribution in [0.3, 0.4) is 0 Å². The smallest absolute Gasteiger partial charge is 0.391 e. The van der Waals surface area contributed by atoms with Crippen molar-refractivity contribution in [3.63, 3.8) is 0 Å². The van der Waals surface area contributed by atoms with E-state index in [1.807, 2.05) is 0 Å². The second kappa shape index (κ2) is 9.36. The van der Waals surface area contributed by atoms with Gasteiger partial charge in [-0.2, -0.15) is 18.2 Å². The Balaban J connectivity index is 1.64. The lowest BCUT2D eigenvalue weighted by Crippen LogP contribution is -2.41. The van der Waals surface area contributed by atoms with Gasteiger partial charge in [-0.3, -0.25) is 4.79 Å².